The minimum absolute atomic E-state index is 0.00245. The number of carbonyl (C=O) groups excluding carboxylic acids is 1. The molecule has 1 amide bonds. The number of hydrogen-bond donors (Lipinski definition) is 1. The molecule has 0 radical (unpaired) electrons. The van der Waals surface area contributed by atoms with E-state index in [2.05, 4.69) is 5.92 Å². The fraction of sp³-hybridized carbons (Fsp3) is 0.727. The summed E-state index contributed by atoms with van der Waals surface area (Å²) in [4.78, 5) is 13.4. The van der Waals surface area contributed by atoms with E-state index in [0.717, 1.165) is 6.54 Å². The normalized spacial score (nSPS) is 17.2. The van der Waals surface area contributed by atoms with Crippen LogP contribution in [0.25, 0.3) is 0 Å². The Kier molecular flexibility index (Phi) is 3.97. The summed E-state index contributed by atoms with van der Waals surface area (Å²) in [6, 6.07) is -0.387. The predicted molar refractivity (Wildman–Crippen MR) is 56.4 cm³/mol. The summed E-state index contributed by atoms with van der Waals surface area (Å²) in [7, 11) is 0. The third-order valence-corrected chi connectivity index (χ3v) is 2.53. The van der Waals surface area contributed by atoms with Gasteiger partial charge in [-0.1, -0.05) is 12.8 Å². The maximum atomic E-state index is 11.7. The standard InChI is InChI=1S/C11H18N2O/c1-3-7-13(8-9-5-6-9)11(14)10(12)4-2/h1,9-10H,4-8,12H2,2H3/t10-/m1/s1. The Morgan fingerprint density at radius 2 is 2.36 bits per heavy atom. The molecule has 0 aromatic rings. The molecule has 1 aliphatic carbocycles. The second-order valence-corrected chi connectivity index (χ2v) is 3.88. The summed E-state index contributed by atoms with van der Waals surface area (Å²) in [5.41, 5.74) is 5.68. The first kappa shape index (κ1) is 11.1. The fourth-order valence-electron chi connectivity index (χ4n) is 1.36. The van der Waals surface area contributed by atoms with Gasteiger partial charge in [-0.25, -0.2) is 0 Å². The minimum Gasteiger partial charge on any atom is -0.330 e. The van der Waals surface area contributed by atoms with Gasteiger partial charge in [-0.05, 0) is 25.2 Å². The molecule has 0 saturated heterocycles. The third kappa shape index (κ3) is 3.04. The molecule has 14 heavy (non-hydrogen) atoms. The maximum absolute atomic E-state index is 11.7. The molecule has 2 N–H and O–H groups in total. The van der Waals surface area contributed by atoms with Crippen LogP contribution in [0.5, 0.6) is 0 Å². The molecule has 3 nitrogen and oxygen atoms in total. The molecule has 78 valence electrons. The highest BCUT2D eigenvalue weighted by Crippen LogP contribution is 2.29. The van der Waals surface area contributed by atoms with Gasteiger partial charge in [-0.2, -0.15) is 0 Å². The number of nitrogens with two attached hydrogens (primary N) is 1. The van der Waals surface area contributed by atoms with E-state index in [1.54, 1.807) is 4.90 Å². The van der Waals surface area contributed by atoms with Crippen molar-refractivity contribution in [2.75, 3.05) is 13.1 Å². The Balaban J connectivity index is 2.47. The topological polar surface area (TPSA) is 46.3 Å². The maximum Gasteiger partial charge on any atom is 0.240 e. The zero-order valence-electron chi connectivity index (χ0n) is 8.70. The van der Waals surface area contributed by atoms with Crippen LogP contribution >= 0.6 is 0 Å². The number of terminal acetylenes is 1. The molecule has 1 atom stereocenters. The highest BCUT2D eigenvalue weighted by molar-refractivity contribution is 5.81. The number of nitrogens with zero attached hydrogens (tertiary/aromatic N) is 1. The number of amides is 1. The molecule has 1 rings (SSSR count). The Bertz CT molecular complexity index is 240. The second-order valence-electron chi connectivity index (χ2n) is 3.88. The monoisotopic (exact) mass is 194 g/mol. The van der Waals surface area contributed by atoms with Gasteiger partial charge in [0.2, 0.25) is 5.91 Å². The van der Waals surface area contributed by atoms with Crippen LogP contribution in [-0.2, 0) is 4.79 Å². The number of hydrogen-bond acceptors (Lipinski definition) is 2. The zero-order chi connectivity index (χ0) is 10.6. The molecular formula is C11H18N2O. The van der Waals surface area contributed by atoms with Gasteiger partial charge in [0.25, 0.3) is 0 Å². The van der Waals surface area contributed by atoms with Gasteiger partial charge in [0.1, 0.15) is 0 Å². The van der Waals surface area contributed by atoms with E-state index in [9.17, 15) is 4.79 Å². The molecule has 1 aliphatic rings. The van der Waals surface area contributed by atoms with Crippen molar-refractivity contribution in [2.24, 2.45) is 11.7 Å². The quantitative estimate of drug-likeness (QED) is 0.651. The lowest BCUT2D eigenvalue weighted by atomic mass is 10.2. The van der Waals surface area contributed by atoms with Crippen molar-refractivity contribution < 1.29 is 4.79 Å². The molecule has 0 aromatic carbocycles. The molecule has 0 spiro atoms. The number of rotatable bonds is 5. The van der Waals surface area contributed by atoms with E-state index in [4.69, 9.17) is 12.2 Å². The van der Waals surface area contributed by atoms with E-state index < -0.39 is 0 Å². The van der Waals surface area contributed by atoms with Gasteiger partial charge in [0.15, 0.2) is 0 Å². The molecule has 0 unspecified atom stereocenters. The average Bonchev–Trinajstić information content (AvgIpc) is 2.98. The first-order valence-corrected chi connectivity index (χ1v) is 5.16. The number of carbonyl (C=O) groups is 1. The summed E-state index contributed by atoms with van der Waals surface area (Å²) in [6.07, 6.45) is 8.33. The fourth-order valence-corrected chi connectivity index (χ4v) is 1.36. The lowest BCUT2D eigenvalue weighted by Crippen LogP contribution is -2.44. The summed E-state index contributed by atoms with van der Waals surface area (Å²) < 4.78 is 0. The summed E-state index contributed by atoms with van der Waals surface area (Å²) in [5.74, 6) is 3.17. The summed E-state index contributed by atoms with van der Waals surface area (Å²) in [5, 5.41) is 0. The Morgan fingerprint density at radius 1 is 1.71 bits per heavy atom. The van der Waals surface area contributed by atoms with Crippen LogP contribution in [0.15, 0.2) is 0 Å². The smallest absolute Gasteiger partial charge is 0.240 e. The highest BCUT2D eigenvalue weighted by Gasteiger charge is 2.27. The molecule has 3 heteroatoms. The summed E-state index contributed by atoms with van der Waals surface area (Å²) >= 11 is 0. The molecule has 0 heterocycles. The van der Waals surface area contributed by atoms with Gasteiger partial charge >= 0.3 is 0 Å². The molecule has 0 aliphatic heterocycles. The van der Waals surface area contributed by atoms with E-state index >= 15 is 0 Å². The van der Waals surface area contributed by atoms with E-state index in [1.807, 2.05) is 6.92 Å². The van der Waals surface area contributed by atoms with Crippen molar-refractivity contribution in [3.8, 4) is 12.3 Å². The highest BCUT2D eigenvalue weighted by atomic mass is 16.2. The lowest BCUT2D eigenvalue weighted by molar-refractivity contribution is -0.132. The van der Waals surface area contributed by atoms with Crippen LogP contribution in [0.3, 0.4) is 0 Å². The second kappa shape index (κ2) is 5.02. The van der Waals surface area contributed by atoms with Gasteiger partial charge in [0, 0.05) is 6.54 Å². The van der Waals surface area contributed by atoms with E-state index in [1.165, 1.54) is 12.8 Å². The van der Waals surface area contributed by atoms with Crippen molar-refractivity contribution in [3.05, 3.63) is 0 Å². The van der Waals surface area contributed by atoms with Crippen LogP contribution < -0.4 is 5.73 Å². The third-order valence-electron chi connectivity index (χ3n) is 2.53. The Labute approximate surface area is 85.6 Å². The Morgan fingerprint density at radius 3 is 2.79 bits per heavy atom. The predicted octanol–water partition coefficient (Wildman–Crippen LogP) is 0.595. The average molecular weight is 194 g/mol. The SMILES string of the molecule is C#CCN(CC1CC1)C(=O)[C@H](N)CC. The van der Waals surface area contributed by atoms with E-state index in [0.29, 0.717) is 18.9 Å². The molecule has 0 bridgehead atoms. The zero-order valence-corrected chi connectivity index (χ0v) is 8.70. The van der Waals surface area contributed by atoms with Gasteiger partial charge in [0.05, 0.1) is 12.6 Å². The minimum atomic E-state index is -0.387. The van der Waals surface area contributed by atoms with Crippen molar-refractivity contribution in [1.82, 2.24) is 4.90 Å². The first-order chi connectivity index (χ1) is 6.69. The van der Waals surface area contributed by atoms with Crippen molar-refractivity contribution in [3.63, 3.8) is 0 Å². The molecule has 1 fully saturated rings. The van der Waals surface area contributed by atoms with Crippen molar-refractivity contribution >= 4 is 5.91 Å². The van der Waals surface area contributed by atoms with Crippen LogP contribution in [-0.4, -0.2) is 29.9 Å². The van der Waals surface area contributed by atoms with E-state index in [-0.39, 0.29) is 11.9 Å². The van der Waals surface area contributed by atoms with Crippen molar-refractivity contribution in [2.45, 2.75) is 32.2 Å². The summed E-state index contributed by atoms with van der Waals surface area (Å²) in [6.45, 7) is 3.09. The van der Waals surface area contributed by atoms with Crippen LogP contribution in [0.4, 0.5) is 0 Å². The van der Waals surface area contributed by atoms with Crippen LogP contribution in [0, 0.1) is 18.3 Å². The molecular weight excluding hydrogens is 176 g/mol. The van der Waals surface area contributed by atoms with Gasteiger partial charge in [-0.3, -0.25) is 4.79 Å². The molecule has 0 aromatic heterocycles. The van der Waals surface area contributed by atoms with Crippen LogP contribution in [0.1, 0.15) is 26.2 Å². The largest absolute Gasteiger partial charge is 0.330 e. The van der Waals surface area contributed by atoms with Gasteiger partial charge < -0.3 is 10.6 Å². The lowest BCUT2D eigenvalue weighted by Gasteiger charge is -2.23. The van der Waals surface area contributed by atoms with Crippen molar-refractivity contribution in [1.29, 1.82) is 0 Å². The first-order valence-electron chi connectivity index (χ1n) is 5.16. The Hall–Kier alpha value is -1.01. The van der Waals surface area contributed by atoms with Crippen LogP contribution in [0.2, 0.25) is 0 Å². The molecule has 1 saturated carbocycles. The van der Waals surface area contributed by atoms with Gasteiger partial charge in [-0.15, -0.1) is 6.42 Å².